The second-order valence-corrected chi connectivity index (χ2v) is 10.5. The SMILES string of the molecule is COC(=O)c1ccccc1-n1c(C)cc([C@H]2[C@@H](c3ccccn3)NC(=S)N2CCC(=O)Nc2cccc(C)c2)c1C. The molecule has 0 spiro atoms. The highest BCUT2D eigenvalue weighted by molar-refractivity contribution is 7.80. The summed E-state index contributed by atoms with van der Waals surface area (Å²) in [6.45, 7) is 6.46. The molecule has 41 heavy (non-hydrogen) atoms. The highest BCUT2D eigenvalue weighted by Crippen LogP contribution is 2.41. The molecule has 1 aliphatic rings. The minimum Gasteiger partial charge on any atom is -0.465 e. The number of thiocarbonyl (C=S) groups is 1. The quantitative estimate of drug-likeness (QED) is 0.212. The molecule has 8 nitrogen and oxygen atoms in total. The zero-order chi connectivity index (χ0) is 29.1. The summed E-state index contributed by atoms with van der Waals surface area (Å²) < 4.78 is 7.13. The lowest BCUT2D eigenvalue weighted by Crippen LogP contribution is -2.33. The predicted octanol–water partition coefficient (Wildman–Crippen LogP) is 5.59. The molecule has 5 rings (SSSR count). The summed E-state index contributed by atoms with van der Waals surface area (Å²) in [6.07, 6.45) is 2.02. The average molecular weight is 568 g/mol. The number of para-hydroxylation sites is 1. The van der Waals surface area contributed by atoms with Gasteiger partial charge in [-0.3, -0.25) is 9.78 Å². The Morgan fingerprint density at radius 2 is 1.80 bits per heavy atom. The Hall–Kier alpha value is -4.50. The first-order valence-electron chi connectivity index (χ1n) is 13.5. The molecule has 2 N–H and O–H groups in total. The van der Waals surface area contributed by atoms with Gasteiger partial charge in [0.2, 0.25) is 5.91 Å². The first-order chi connectivity index (χ1) is 19.8. The number of hydrogen-bond acceptors (Lipinski definition) is 5. The molecule has 3 heterocycles. The molecule has 2 aromatic carbocycles. The number of nitrogens with zero attached hydrogens (tertiary/aromatic N) is 3. The molecule has 2 atom stereocenters. The summed E-state index contributed by atoms with van der Waals surface area (Å²) in [5.41, 5.74) is 6.88. The number of ether oxygens (including phenoxy) is 1. The summed E-state index contributed by atoms with van der Waals surface area (Å²) in [5, 5.41) is 7.03. The minimum atomic E-state index is -0.397. The van der Waals surface area contributed by atoms with Crippen LogP contribution < -0.4 is 10.6 Å². The van der Waals surface area contributed by atoms with Crippen LogP contribution in [0.3, 0.4) is 0 Å². The molecule has 0 radical (unpaired) electrons. The van der Waals surface area contributed by atoms with E-state index < -0.39 is 5.97 Å². The van der Waals surface area contributed by atoms with Gasteiger partial charge in [0, 0.05) is 36.2 Å². The van der Waals surface area contributed by atoms with E-state index in [4.69, 9.17) is 17.0 Å². The van der Waals surface area contributed by atoms with Crippen molar-refractivity contribution in [3.63, 3.8) is 0 Å². The third-order valence-electron chi connectivity index (χ3n) is 7.42. The molecule has 210 valence electrons. The Balaban J connectivity index is 1.51. The van der Waals surface area contributed by atoms with Gasteiger partial charge in [0.15, 0.2) is 5.11 Å². The molecule has 1 saturated heterocycles. The number of pyridine rings is 1. The van der Waals surface area contributed by atoms with Crippen LogP contribution in [-0.4, -0.2) is 45.1 Å². The first kappa shape index (κ1) is 28.0. The molecular formula is C32H33N5O3S. The molecule has 0 bridgehead atoms. The molecule has 0 saturated carbocycles. The number of anilines is 1. The highest BCUT2D eigenvalue weighted by Gasteiger charge is 2.41. The second kappa shape index (κ2) is 11.9. The molecule has 2 aromatic heterocycles. The van der Waals surface area contributed by atoms with Gasteiger partial charge in [0.25, 0.3) is 0 Å². The third-order valence-corrected chi connectivity index (χ3v) is 7.77. The first-order valence-corrected chi connectivity index (χ1v) is 13.9. The number of methoxy groups -OCH3 is 1. The summed E-state index contributed by atoms with van der Waals surface area (Å²) in [6, 6.07) is 22.6. The lowest BCUT2D eigenvalue weighted by molar-refractivity contribution is -0.116. The van der Waals surface area contributed by atoms with Gasteiger partial charge < -0.3 is 24.8 Å². The fourth-order valence-electron chi connectivity index (χ4n) is 5.56. The summed E-state index contributed by atoms with van der Waals surface area (Å²) in [7, 11) is 1.38. The normalized spacial score (nSPS) is 16.4. The molecule has 1 amide bonds. The molecular weight excluding hydrogens is 534 g/mol. The smallest absolute Gasteiger partial charge is 0.339 e. The van der Waals surface area contributed by atoms with Crippen LogP contribution in [0.15, 0.2) is 79.0 Å². The molecule has 9 heteroatoms. The maximum Gasteiger partial charge on any atom is 0.339 e. The van der Waals surface area contributed by atoms with Crippen LogP contribution in [0.5, 0.6) is 0 Å². The van der Waals surface area contributed by atoms with Crippen LogP contribution in [0.2, 0.25) is 0 Å². The monoisotopic (exact) mass is 567 g/mol. The van der Waals surface area contributed by atoms with Crippen molar-refractivity contribution in [1.82, 2.24) is 19.8 Å². The zero-order valence-corrected chi connectivity index (χ0v) is 24.4. The largest absolute Gasteiger partial charge is 0.465 e. The van der Waals surface area contributed by atoms with Crippen molar-refractivity contribution in [2.24, 2.45) is 0 Å². The van der Waals surface area contributed by atoms with E-state index in [1.165, 1.54) is 7.11 Å². The molecule has 1 aliphatic heterocycles. The lowest BCUT2D eigenvalue weighted by Gasteiger charge is -2.28. The number of benzene rings is 2. The van der Waals surface area contributed by atoms with E-state index in [1.807, 2.05) is 81.4 Å². The van der Waals surface area contributed by atoms with E-state index in [-0.39, 0.29) is 24.4 Å². The van der Waals surface area contributed by atoms with E-state index in [0.29, 0.717) is 17.2 Å². The van der Waals surface area contributed by atoms with Gasteiger partial charge in [-0.05, 0) is 86.6 Å². The van der Waals surface area contributed by atoms with Crippen molar-refractivity contribution in [2.75, 3.05) is 19.0 Å². The molecule has 0 aliphatic carbocycles. The maximum atomic E-state index is 13.0. The molecule has 1 fully saturated rings. The number of carbonyl (C=O) groups is 2. The van der Waals surface area contributed by atoms with Crippen molar-refractivity contribution < 1.29 is 14.3 Å². The van der Waals surface area contributed by atoms with Crippen LogP contribution in [0, 0.1) is 20.8 Å². The van der Waals surface area contributed by atoms with Gasteiger partial charge in [-0.2, -0.15) is 0 Å². The summed E-state index contributed by atoms with van der Waals surface area (Å²) in [4.78, 5) is 32.3. The van der Waals surface area contributed by atoms with Crippen molar-refractivity contribution in [2.45, 2.75) is 39.3 Å². The van der Waals surface area contributed by atoms with E-state index in [9.17, 15) is 9.59 Å². The fourth-order valence-corrected chi connectivity index (χ4v) is 5.89. The van der Waals surface area contributed by atoms with Gasteiger partial charge in [-0.25, -0.2) is 4.79 Å². The number of rotatable bonds is 8. The highest BCUT2D eigenvalue weighted by atomic mass is 32.1. The average Bonchev–Trinajstić information content (AvgIpc) is 3.45. The maximum absolute atomic E-state index is 13.0. The van der Waals surface area contributed by atoms with Crippen molar-refractivity contribution in [3.05, 3.63) is 113 Å². The van der Waals surface area contributed by atoms with E-state index in [0.717, 1.165) is 39.6 Å². The standard InChI is InChI=1S/C32H33N5O3S/c1-20-10-9-11-23(18-20)34-28(38)15-17-36-30(29(35-32(36)41)26-13-7-8-16-33-26)25-19-21(2)37(22(25)3)27-14-6-5-12-24(27)31(39)40-4/h5-14,16,18-19,29-30H,15,17H2,1-4H3,(H,34,38)(H,35,41)/t29-,30+/m1/s1. The Labute approximate surface area is 245 Å². The van der Waals surface area contributed by atoms with Crippen molar-refractivity contribution in [3.8, 4) is 5.69 Å². The minimum absolute atomic E-state index is 0.0871. The van der Waals surface area contributed by atoms with Crippen LogP contribution in [0.1, 0.15) is 57.1 Å². The number of esters is 1. The lowest BCUT2D eigenvalue weighted by atomic mass is 9.96. The molecule has 4 aromatic rings. The number of aromatic nitrogens is 2. The van der Waals surface area contributed by atoms with Crippen molar-refractivity contribution in [1.29, 1.82) is 0 Å². The van der Waals surface area contributed by atoms with E-state index in [2.05, 4.69) is 31.2 Å². The third kappa shape index (κ3) is 5.71. The number of nitrogens with one attached hydrogen (secondary N) is 2. The number of amides is 1. The van der Waals surface area contributed by atoms with Crippen molar-refractivity contribution >= 4 is 34.9 Å². The second-order valence-electron chi connectivity index (χ2n) is 10.2. The summed E-state index contributed by atoms with van der Waals surface area (Å²) in [5.74, 6) is -0.484. The Morgan fingerprint density at radius 1 is 1.02 bits per heavy atom. The van der Waals surface area contributed by atoms with Crippen LogP contribution in [0.4, 0.5) is 5.69 Å². The number of aryl methyl sites for hydroxylation is 2. The number of carbonyl (C=O) groups excluding carboxylic acids is 2. The van der Waals surface area contributed by atoms with Gasteiger partial charge in [-0.15, -0.1) is 0 Å². The Kier molecular flexibility index (Phi) is 8.16. The summed E-state index contributed by atoms with van der Waals surface area (Å²) >= 11 is 5.83. The van der Waals surface area contributed by atoms with Crippen LogP contribution in [-0.2, 0) is 9.53 Å². The van der Waals surface area contributed by atoms with Crippen LogP contribution in [0.25, 0.3) is 5.69 Å². The van der Waals surface area contributed by atoms with Crippen LogP contribution >= 0.6 is 12.2 Å². The Bertz CT molecular complexity index is 1600. The predicted molar refractivity (Wildman–Crippen MR) is 163 cm³/mol. The van der Waals surface area contributed by atoms with Gasteiger partial charge in [0.05, 0.1) is 36.1 Å². The van der Waals surface area contributed by atoms with Gasteiger partial charge in [-0.1, -0.05) is 30.3 Å². The Morgan fingerprint density at radius 3 is 2.54 bits per heavy atom. The van der Waals surface area contributed by atoms with Gasteiger partial charge in [0.1, 0.15) is 0 Å². The van der Waals surface area contributed by atoms with E-state index >= 15 is 0 Å². The van der Waals surface area contributed by atoms with E-state index in [1.54, 1.807) is 12.3 Å². The zero-order valence-electron chi connectivity index (χ0n) is 23.5. The topological polar surface area (TPSA) is 88.5 Å². The molecule has 0 unspecified atom stereocenters. The fraction of sp³-hybridized carbons (Fsp3) is 0.250. The van der Waals surface area contributed by atoms with Gasteiger partial charge >= 0.3 is 5.97 Å². The number of hydrogen-bond donors (Lipinski definition) is 2.